The zero-order valence-electron chi connectivity index (χ0n) is 22.3. The average molecular weight is 536 g/mol. The van der Waals surface area contributed by atoms with E-state index in [9.17, 15) is 24.3 Å². The molecule has 2 spiro atoms. The van der Waals surface area contributed by atoms with E-state index >= 15 is 0 Å². The first-order valence-electron chi connectivity index (χ1n) is 13.8. The van der Waals surface area contributed by atoms with Crippen LogP contribution in [0.2, 0.25) is 0 Å². The molecule has 206 valence electrons. The Morgan fingerprint density at radius 3 is 2.49 bits per heavy atom. The number of nitrogens with zero attached hydrogens (tertiary/aromatic N) is 1. The van der Waals surface area contributed by atoms with Gasteiger partial charge in [-0.15, -0.1) is 0 Å². The van der Waals surface area contributed by atoms with Crippen molar-refractivity contribution in [2.75, 3.05) is 6.54 Å². The molecule has 5 fully saturated rings. The van der Waals surface area contributed by atoms with E-state index in [1.54, 1.807) is 30.3 Å². The molecular formula is C30H33NO8. The molecule has 2 saturated carbocycles. The van der Waals surface area contributed by atoms with Crippen molar-refractivity contribution in [2.24, 2.45) is 34.0 Å². The minimum atomic E-state index is -1.75. The van der Waals surface area contributed by atoms with Crippen LogP contribution in [-0.4, -0.2) is 64.4 Å². The quantitative estimate of drug-likeness (QED) is 0.355. The Bertz CT molecular complexity index is 1320. The number of carbonyl (C=O) groups excluding carboxylic acids is 4. The fourth-order valence-electron chi connectivity index (χ4n) is 8.89. The summed E-state index contributed by atoms with van der Waals surface area (Å²) in [6.45, 7) is 5.77. The summed E-state index contributed by atoms with van der Waals surface area (Å²) in [6.07, 6.45) is 2.19. The minimum absolute atomic E-state index is 0.0643. The topological polar surface area (TPSA) is 119 Å². The molecule has 3 aliphatic carbocycles. The van der Waals surface area contributed by atoms with Crippen molar-refractivity contribution in [3.63, 3.8) is 0 Å². The van der Waals surface area contributed by atoms with E-state index in [0.717, 1.165) is 12.8 Å². The number of benzene rings is 1. The minimum Gasteiger partial charge on any atom is -0.461 e. The second kappa shape index (κ2) is 7.71. The molecule has 1 aromatic carbocycles. The highest BCUT2D eigenvalue weighted by Crippen LogP contribution is 2.76. The Labute approximate surface area is 226 Å². The third-order valence-electron chi connectivity index (χ3n) is 10.6. The molecule has 2 bridgehead atoms. The SMILES string of the molecule is CC(C)(C)[C@]1(O)C[C@@H]2OC(=O)C[C@@]23C(=O)O[C@@H]2N(C[C@@H]4CC5C=CC4C5)C(=O)[C@H](OC(=O)c4ccccc4)C213. The van der Waals surface area contributed by atoms with Crippen LogP contribution < -0.4 is 0 Å². The molecule has 3 unspecified atom stereocenters. The molecule has 9 atom stereocenters. The van der Waals surface area contributed by atoms with Gasteiger partial charge in [0, 0.05) is 13.0 Å². The van der Waals surface area contributed by atoms with Crippen molar-refractivity contribution in [2.45, 2.75) is 70.5 Å². The third-order valence-corrected chi connectivity index (χ3v) is 10.6. The Kier molecular flexibility index (Phi) is 4.91. The lowest BCUT2D eigenvalue weighted by atomic mass is 9.52. The van der Waals surface area contributed by atoms with Gasteiger partial charge in [0.05, 0.1) is 17.6 Å². The zero-order valence-corrected chi connectivity index (χ0v) is 22.3. The fraction of sp³-hybridized carbons (Fsp3) is 0.600. The van der Waals surface area contributed by atoms with Gasteiger partial charge in [-0.3, -0.25) is 14.4 Å². The number of hydrogen-bond acceptors (Lipinski definition) is 8. The fourth-order valence-corrected chi connectivity index (χ4v) is 8.89. The summed E-state index contributed by atoms with van der Waals surface area (Å²) in [5.41, 5.74) is -5.80. The van der Waals surface area contributed by atoms with E-state index in [1.165, 1.54) is 4.90 Å². The normalized spacial score (nSPS) is 43.4. The summed E-state index contributed by atoms with van der Waals surface area (Å²) < 4.78 is 17.8. The van der Waals surface area contributed by atoms with Crippen molar-refractivity contribution in [3.8, 4) is 0 Å². The lowest BCUT2D eigenvalue weighted by molar-refractivity contribution is -0.212. The van der Waals surface area contributed by atoms with E-state index in [4.69, 9.17) is 14.2 Å². The number of ether oxygens (including phenoxy) is 3. The maximum absolute atomic E-state index is 14.4. The van der Waals surface area contributed by atoms with Gasteiger partial charge in [-0.25, -0.2) is 4.79 Å². The van der Waals surface area contributed by atoms with Gasteiger partial charge in [0.15, 0.2) is 12.3 Å². The number of likely N-dealkylation sites (tertiary alicyclic amines) is 1. The van der Waals surface area contributed by atoms with E-state index in [-0.39, 0.29) is 24.3 Å². The van der Waals surface area contributed by atoms with Crippen molar-refractivity contribution < 1.29 is 38.5 Å². The number of fused-ring (bicyclic) bond motifs is 2. The lowest BCUT2D eigenvalue weighted by Crippen LogP contribution is -2.66. The molecule has 1 N–H and O–H groups in total. The van der Waals surface area contributed by atoms with Crippen LogP contribution in [0.1, 0.15) is 56.8 Å². The summed E-state index contributed by atoms with van der Waals surface area (Å²) in [4.78, 5) is 56.0. The molecule has 3 heterocycles. The molecule has 3 saturated heterocycles. The number of carbonyl (C=O) groups is 4. The predicted octanol–water partition coefficient (Wildman–Crippen LogP) is 2.62. The average Bonchev–Trinajstić information content (AvgIpc) is 3.69. The van der Waals surface area contributed by atoms with Crippen LogP contribution in [0, 0.1) is 34.0 Å². The van der Waals surface area contributed by atoms with Gasteiger partial charge in [0.2, 0.25) is 0 Å². The van der Waals surface area contributed by atoms with Gasteiger partial charge in [-0.05, 0) is 48.1 Å². The van der Waals surface area contributed by atoms with Gasteiger partial charge >= 0.3 is 17.9 Å². The third kappa shape index (κ3) is 2.84. The molecule has 6 aliphatic rings. The first kappa shape index (κ1) is 24.8. The van der Waals surface area contributed by atoms with Crippen LogP contribution in [0.5, 0.6) is 0 Å². The van der Waals surface area contributed by atoms with Crippen LogP contribution in [0.3, 0.4) is 0 Å². The van der Waals surface area contributed by atoms with Crippen LogP contribution in [0.15, 0.2) is 42.5 Å². The van der Waals surface area contributed by atoms with E-state index in [2.05, 4.69) is 12.2 Å². The highest BCUT2D eigenvalue weighted by molar-refractivity contribution is 5.99. The Balaban J connectivity index is 1.40. The number of aliphatic hydroxyl groups is 1. The molecule has 1 amide bonds. The highest BCUT2D eigenvalue weighted by Gasteiger charge is 2.93. The van der Waals surface area contributed by atoms with Crippen molar-refractivity contribution >= 4 is 23.8 Å². The summed E-state index contributed by atoms with van der Waals surface area (Å²) in [7, 11) is 0. The molecule has 9 heteroatoms. The highest BCUT2D eigenvalue weighted by atomic mass is 16.6. The molecular weight excluding hydrogens is 502 g/mol. The Morgan fingerprint density at radius 2 is 1.85 bits per heavy atom. The summed E-state index contributed by atoms with van der Waals surface area (Å²) in [5, 5.41) is 12.7. The monoisotopic (exact) mass is 535 g/mol. The van der Waals surface area contributed by atoms with Gasteiger partial charge in [0.1, 0.15) is 16.9 Å². The number of esters is 3. The number of hydrogen-bond donors (Lipinski definition) is 1. The number of amides is 1. The largest absolute Gasteiger partial charge is 0.461 e. The molecule has 0 aromatic heterocycles. The molecule has 39 heavy (non-hydrogen) atoms. The first-order valence-corrected chi connectivity index (χ1v) is 13.8. The second-order valence-electron chi connectivity index (χ2n) is 13.3. The Morgan fingerprint density at radius 1 is 1.10 bits per heavy atom. The molecule has 3 aliphatic heterocycles. The maximum Gasteiger partial charge on any atom is 0.338 e. The lowest BCUT2D eigenvalue weighted by Gasteiger charge is -2.51. The zero-order chi connectivity index (χ0) is 27.5. The Hall–Kier alpha value is -3.20. The smallest absolute Gasteiger partial charge is 0.338 e. The van der Waals surface area contributed by atoms with Gasteiger partial charge < -0.3 is 24.2 Å². The maximum atomic E-state index is 14.4. The standard InChI is InChI=1S/C30H33NO8/c1-27(2,3)29(36)13-20-28(14-21(32)37-20)26(35)39-25-30(28,29)22(38-24(34)17-7-5-4-6-8-17)23(33)31(25)15-19-12-16-9-10-18(19)11-16/h4-10,16,18-20,22,25,36H,11-15H2,1-3H3/t16?,18?,19-,20-,22-,25-,28-,29+,30?/m0/s1. The second-order valence-corrected chi connectivity index (χ2v) is 13.3. The van der Waals surface area contributed by atoms with Gasteiger partial charge in [-0.1, -0.05) is 51.1 Å². The van der Waals surface area contributed by atoms with Crippen LogP contribution in [-0.2, 0) is 28.6 Å². The summed E-state index contributed by atoms with van der Waals surface area (Å²) in [5.74, 6) is -1.61. The summed E-state index contributed by atoms with van der Waals surface area (Å²) in [6, 6.07) is 8.30. The van der Waals surface area contributed by atoms with Crippen LogP contribution in [0.4, 0.5) is 0 Å². The van der Waals surface area contributed by atoms with Crippen molar-refractivity contribution in [3.05, 3.63) is 48.0 Å². The molecule has 9 nitrogen and oxygen atoms in total. The van der Waals surface area contributed by atoms with Crippen molar-refractivity contribution in [1.29, 1.82) is 0 Å². The van der Waals surface area contributed by atoms with Crippen LogP contribution >= 0.6 is 0 Å². The van der Waals surface area contributed by atoms with E-state index in [1.807, 2.05) is 20.8 Å². The van der Waals surface area contributed by atoms with Crippen LogP contribution in [0.25, 0.3) is 0 Å². The van der Waals surface area contributed by atoms with Crippen molar-refractivity contribution in [1.82, 2.24) is 4.90 Å². The van der Waals surface area contributed by atoms with E-state index < -0.39 is 64.1 Å². The first-order chi connectivity index (χ1) is 18.4. The van der Waals surface area contributed by atoms with Gasteiger partial charge in [0.25, 0.3) is 5.91 Å². The molecule has 7 rings (SSSR count). The van der Waals surface area contributed by atoms with Gasteiger partial charge in [-0.2, -0.15) is 0 Å². The number of rotatable bonds is 4. The summed E-state index contributed by atoms with van der Waals surface area (Å²) >= 11 is 0. The number of allylic oxidation sites excluding steroid dienone is 2. The van der Waals surface area contributed by atoms with E-state index in [0.29, 0.717) is 18.4 Å². The predicted molar refractivity (Wildman–Crippen MR) is 134 cm³/mol. The molecule has 1 aromatic rings. The molecule has 0 radical (unpaired) electrons.